The zero-order chi connectivity index (χ0) is 17.0. The molecular weight excluding hydrogens is 320 g/mol. The van der Waals surface area contributed by atoms with Gasteiger partial charge in [0.2, 0.25) is 5.91 Å². The molecule has 4 rings (SSSR count). The van der Waals surface area contributed by atoms with E-state index in [2.05, 4.69) is 5.32 Å². The van der Waals surface area contributed by atoms with Crippen LogP contribution in [0.5, 0.6) is 0 Å². The summed E-state index contributed by atoms with van der Waals surface area (Å²) in [6.45, 7) is -0.00658. The van der Waals surface area contributed by atoms with Crippen molar-refractivity contribution in [1.29, 1.82) is 0 Å². The molecule has 0 radical (unpaired) electrons. The lowest BCUT2D eigenvalue weighted by Gasteiger charge is -2.32. The number of halogens is 2. The summed E-state index contributed by atoms with van der Waals surface area (Å²) >= 11 is 0. The second kappa shape index (κ2) is 5.25. The van der Waals surface area contributed by atoms with E-state index >= 15 is 0 Å². The number of benzene rings is 1. The van der Waals surface area contributed by atoms with Crippen molar-refractivity contribution in [2.24, 2.45) is 5.92 Å². The average molecular weight is 335 g/mol. The lowest BCUT2D eigenvalue weighted by atomic mass is 10.1. The Morgan fingerprint density at radius 1 is 1.29 bits per heavy atom. The quantitative estimate of drug-likeness (QED) is 0.890. The number of hydrogen-bond acceptors (Lipinski definition) is 3. The molecule has 2 atom stereocenters. The zero-order valence-electron chi connectivity index (χ0n) is 12.7. The SMILES string of the molecule is O=C1CC2CC1CN2C(=O)CN1Cc2c(ccc(F)c2F)NC1=O. The number of carbonyl (C=O) groups excluding carboxylic acids is 3. The van der Waals surface area contributed by atoms with Gasteiger partial charge in [-0.15, -0.1) is 0 Å². The van der Waals surface area contributed by atoms with Crippen molar-refractivity contribution < 1.29 is 23.2 Å². The predicted molar refractivity (Wildman–Crippen MR) is 79.0 cm³/mol. The molecule has 126 valence electrons. The van der Waals surface area contributed by atoms with Crippen LogP contribution in [0.25, 0.3) is 0 Å². The molecule has 8 heteroatoms. The van der Waals surface area contributed by atoms with Crippen molar-refractivity contribution in [2.75, 3.05) is 18.4 Å². The van der Waals surface area contributed by atoms with E-state index in [0.29, 0.717) is 19.4 Å². The highest BCUT2D eigenvalue weighted by atomic mass is 19.2. The number of amides is 3. The summed E-state index contributed by atoms with van der Waals surface area (Å²) in [5.74, 6) is -2.19. The molecule has 2 unspecified atom stereocenters. The number of nitrogens with one attached hydrogen (secondary N) is 1. The van der Waals surface area contributed by atoms with E-state index in [4.69, 9.17) is 0 Å². The van der Waals surface area contributed by atoms with Gasteiger partial charge >= 0.3 is 6.03 Å². The van der Waals surface area contributed by atoms with Crippen LogP contribution in [0.4, 0.5) is 19.3 Å². The molecule has 1 saturated heterocycles. The Balaban J connectivity index is 1.49. The summed E-state index contributed by atoms with van der Waals surface area (Å²) in [5, 5.41) is 2.47. The first-order chi connectivity index (χ1) is 11.4. The van der Waals surface area contributed by atoms with Crippen molar-refractivity contribution in [1.82, 2.24) is 9.80 Å². The lowest BCUT2D eigenvalue weighted by molar-refractivity contribution is -0.135. The van der Waals surface area contributed by atoms with Crippen molar-refractivity contribution in [2.45, 2.75) is 25.4 Å². The molecule has 1 saturated carbocycles. The van der Waals surface area contributed by atoms with Gasteiger partial charge in [0.25, 0.3) is 0 Å². The highest BCUT2D eigenvalue weighted by molar-refractivity contribution is 5.95. The van der Waals surface area contributed by atoms with Crippen LogP contribution in [0.15, 0.2) is 12.1 Å². The van der Waals surface area contributed by atoms with Gasteiger partial charge in [0, 0.05) is 30.5 Å². The second-order valence-corrected chi connectivity index (χ2v) is 6.48. The van der Waals surface area contributed by atoms with E-state index in [1.54, 1.807) is 4.90 Å². The van der Waals surface area contributed by atoms with Crippen molar-refractivity contribution in [3.8, 4) is 0 Å². The van der Waals surface area contributed by atoms with Gasteiger partial charge in [-0.1, -0.05) is 0 Å². The van der Waals surface area contributed by atoms with Crippen LogP contribution >= 0.6 is 0 Å². The van der Waals surface area contributed by atoms with Crippen LogP contribution in [0, 0.1) is 17.6 Å². The molecule has 0 spiro atoms. The third-order valence-corrected chi connectivity index (χ3v) is 5.03. The maximum atomic E-state index is 13.9. The molecule has 2 bridgehead atoms. The molecule has 24 heavy (non-hydrogen) atoms. The summed E-state index contributed by atoms with van der Waals surface area (Å²) in [6.07, 6.45) is 1.05. The number of nitrogens with zero attached hydrogens (tertiary/aromatic N) is 2. The van der Waals surface area contributed by atoms with Crippen LogP contribution < -0.4 is 5.32 Å². The molecule has 1 aromatic rings. The number of urea groups is 1. The fourth-order valence-corrected chi connectivity index (χ4v) is 3.75. The minimum atomic E-state index is -1.02. The van der Waals surface area contributed by atoms with E-state index in [0.717, 1.165) is 11.0 Å². The van der Waals surface area contributed by atoms with Crippen molar-refractivity contribution >= 4 is 23.4 Å². The minimum Gasteiger partial charge on any atom is -0.337 e. The summed E-state index contributed by atoms with van der Waals surface area (Å²) < 4.78 is 27.3. The summed E-state index contributed by atoms with van der Waals surface area (Å²) in [5.41, 5.74) is 0.244. The van der Waals surface area contributed by atoms with E-state index < -0.39 is 17.7 Å². The van der Waals surface area contributed by atoms with Crippen LogP contribution in [0.3, 0.4) is 0 Å². The second-order valence-electron chi connectivity index (χ2n) is 6.48. The van der Waals surface area contributed by atoms with Gasteiger partial charge in [0.1, 0.15) is 12.3 Å². The van der Waals surface area contributed by atoms with Gasteiger partial charge in [-0.3, -0.25) is 9.59 Å². The first-order valence-electron chi connectivity index (χ1n) is 7.79. The summed E-state index contributed by atoms with van der Waals surface area (Å²) in [4.78, 5) is 38.9. The van der Waals surface area contributed by atoms with E-state index in [-0.39, 0.29) is 48.0 Å². The number of carbonyl (C=O) groups is 3. The Morgan fingerprint density at radius 2 is 2.08 bits per heavy atom. The number of likely N-dealkylation sites (tertiary alicyclic amines) is 1. The normalized spacial score (nSPS) is 25.1. The number of ketones is 1. The molecule has 2 heterocycles. The molecular formula is C16H15F2N3O3. The van der Waals surface area contributed by atoms with Gasteiger partial charge in [-0.2, -0.15) is 0 Å². The molecule has 1 aromatic carbocycles. The molecule has 3 amide bonds. The Bertz CT molecular complexity index is 767. The smallest absolute Gasteiger partial charge is 0.322 e. The van der Waals surface area contributed by atoms with Gasteiger partial charge in [0.15, 0.2) is 11.6 Å². The first kappa shape index (κ1) is 15.0. The number of Topliss-reactive ketones (excluding diaryl/α,β-unsaturated/α-hetero) is 1. The standard InChI is InChI=1S/C16H15F2N3O3/c17-11-1-2-12-10(15(11)18)6-20(16(24)19-12)7-14(23)21-5-8-3-9(21)4-13(8)22/h1-2,8-9H,3-7H2,(H,19,24). The number of fused-ring (bicyclic) bond motifs is 3. The van der Waals surface area contributed by atoms with Gasteiger partial charge in [-0.25, -0.2) is 13.6 Å². The summed E-state index contributed by atoms with van der Waals surface area (Å²) in [7, 11) is 0. The molecule has 3 aliphatic rings. The van der Waals surface area contributed by atoms with E-state index in [1.807, 2.05) is 0 Å². The number of rotatable bonds is 2. The number of anilines is 1. The molecule has 2 aliphatic heterocycles. The Hall–Kier alpha value is -2.51. The zero-order valence-corrected chi connectivity index (χ0v) is 12.7. The van der Waals surface area contributed by atoms with E-state index in [1.165, 1.54) is 6.07 Å². The Kier molecular flexibility index (Phi) is 3.29. The third-order valence-electron chi connectivity index (χ3n) is 5.03. The number of hydrogen-bond donors (Lipinski definition) is 1. The third kappa shape index (κ3) is 2.24. The monoisotopic (exact) mass is 335 g/mol. The number of piperidine rings is 1. The summed E-state index contributed by atoms with van der Waals surface area (Å²) in [6, 6.07) is 1.63. The van der Waals surface area contributed by atoms with Crippen LogP contribution in [-0.2, 0) is 16.1 Å². The average Bonchev–Trinajstić information content (AvgIpc) is 3.12. The van der Waals surface area contributed by atoms with Gasteiger partial charge < -0.3 is 15.1 Å². The van der Waals surface area contributed by atoms with Crippen molar-refractivity contribution in [3.05, 3.63) is 29.3 Å². The fourth-order valence-electron chi connectivity index (χ4n) is 3.75. The van der Waals surface area contributed by atoms with Crippen LogP contribution in [-0.4, -0.2) is 46.7 Å². The largest absolute Gasteiger partial charge is 0.337 e. The van der Waals surface area contributed by atoms with Gasteiger partial charge in [-0.05, 0) is 18.6 Å². The molecule has 0 aromatic heterocycles. The minimum absolute atomic E-state index is 0.0283. The Morgan fingerprint density at radius 3 is 2.75 bits per heavy atom. The molecule has 6 nitrogen and oxygen atoms in total. The fraction of sp³-hybridized carbons (Fsp3) is 0.438. The molecule has 1 aliphatic carbocycles. The maximum absolute atomic E-state index is 13.9. The van der Waals surface area contributed by atoms with Gasteiger partial charge in [0.05, 0.1) is 12.2 Å². The molecule has 2 fully saturated rings. The highest BCUT2D eigenvalue weighted by Crippen LogP contribution is 2.35. The van der Waals surface area contributed by atoms with Crippen LogP contribution in [0.2, 0.25) is 0 Å². The first-order valence-corrected chi connectivity index (χ1v) is 7.79. The molecule has 1 N–H and O–H groups in total. The predicted octanol–water partition coefficient (Wildman–Crippen LogP) is 1.50. The lowest BCUT2D eigenvalue weighted by Crippen LogP contribution is -2.49. The maximum Gasteiger partial charge on any atom is 0.322 e. The van der Waals surface area contributed by atoms with Crippen LogP contribution in [0.1, 0.15) is 18.4 Å². The topological polar surface area (TPSA) is 69.7 Å². The van der Waals surface area contributed by atoms with Crippen molar-refractivity contribution in [3.63, 3.8) is 0 Å². The van der Waals surface area contributed by atoms with E-state index in [9.17, 15) is 23.2 Å². The highest BCUT2D eigenvalue weighted by Gasteiger charge is 2.46. The Labute approximate surface area is 136 Å².